The van der Waals surface area contributed by atoms with E-state index in [0.29, 0.717) is 34.3 Å². The molecule has 0 aliphatic carbocycles. The van der Waals surface area contributed by atoms with Gasteiger partial charge in [0.15, 0.2) is 0 Å². The van der Waals surface area contributed by atoms with Gasteiger partial charge in [0.25, 0.3) is 5.91 Å². The minimum Gasteiger partial charge on any atom is -0.334 e. The van der Waals surface area contributed by atoms with Crippen molar-refractivity contribution in [3.8, 4) is 11.3 Å². The molecule has 3 N–H and O–H groups in total. The highest BCUT2D eigenvalue weighted by Crippen LogP contribution is 2.21. The lowest BCUT2D eigenvalue weighted by molar-refractivity contribution is -0.114. The maximum Gasteiger partial charge on any atom is 0.252 e. The second-order valence-electron chi connectivity index (χ2n) is 7.86. The molecule has 7 nitrogen and oxygen atoms in total. The Balaban J connectivity index is 1.55. The summed E-state index contributed by atoms with van der Waals surface area (Å²) in [4.78, 5) is 33.1. The van der Waals surface area contributed by atoms with E-state index in [9.17, 15) is 9.59 Å². The Bertz CT molecular complexity index is 1310. The van der Waals surface area contributed by atoms with Gasteiger partial charge in [-0.1, -0.05) is 60.1 Å². The average Bonchev–Trinajstić information content (AvgIpc) is 2.86. The van der Waals surface area contributed by atoms with E-state index in [1.54, 1.807) is 24.4 Å². The van der Waals surface area contributed by atoms with E-state index >= 15 is 0 Å². The molecule has 1 unspecified atom stereocenters. The van der Waals surface area contributed by atoms with Crippen molar-refractivity contribution in [2.75, 3.05) is 10.6 Å². The van der Waals surface area contributed by atoms with Crippen molar-refractivity contribution in [2.24, 2.45) is 0 Å². The van der Waals surface area contributed by atoms with Gasteiger partial charge in [-0.15, -0.1) is 0 Å². The largest absolute Gasteiger partial charge is 0.334 e. The molecule has 3 aromatic carbocycles. The average molecular weight is 486 g/mol. The molecule has 176 valence electrons. The molecule has 4 aromatic rings. The normalized spacial score (nSPS) is 11.4. The number of hydrogen-bond acceptors (Lipinski definition) is 5. The molecule has 1 heterocycles. The van der Waals surface area contributed by atoms with E-state index in [1.165, 1.54) is 6.92 Å². The van der Waals surface area contributed by atoms with Crippen LogP contribution in [0, 0.1) is 0 Å². The van der Waals surface area contributed by atoms with Gasteiger partial charge in [-0.25, -0.2) is 9.97 Å². The molecule has 0 spiro atoms. The number of amides is 2. The van der Waals surface area contributed by atoms with E-state index < -0.39 is 6.17 Å². The van der Waals surface area contributed by atoms with Crippen LogP contribution in [0.2, 0.25) is 5.02 Å². The summed E-state index contributed by atoms with van der Waals surface area (Å²) in [5.41, 5.74) is 3.69. The van der Waals surface area contributed by atoms with Crippen LogP contribution in [0.15, 0.2) is 91.1 Å². The van der Waals surface area contributed by atoms with Gasteiger partial charge >= 0.3 is 0 Å². The summed E-state index contributed by atoms with van der Waals surface area (Å²) in [6, 6.07) is 25.7. The van der Waals surface area contributed by atoms with Crippen LogP contribution in [0.1, 0.15) is 22.8 Å². The van der Waals surface area contributed by atoms with Crippen LogP contribution >= 0.6 is 11.6 Å². The maximum absolute atomic E-state index is 12.9. The predicted molar refractivity (Wildman–Crippen MR) is 138 cm³/mol. The Morgan fingerprint density at radius 3 is 2.34 bits per heavy atom. The first-order chi connectivity index (χ1) is 17.0. The highest BCUT2D eigenvalue weighted by molar-refractivity contribution is 6.31. The summed E-state index contributed by atoms with van der Waals surface area (Å²) >= 11 is 6.38. The molecule has 35 heavy (non-hydrogen) atoms. The number of carbonyl (C=O) groups is 2. The molecular formula is C27H24ClN5O2. The molecule has 0 saturated heterocycles. The van der Waals surface area contributed by atoms with Gasteiger partial charge in [0, 0.05) is 41.4 Å². The van der Waals surface area contributed by atoms with Crippen molar-refractivity contribution >= 4 is 35.1 Å². The molecule has 8 heteroatoms. The monoisotopic (exact) mass is 485 g/mol. The van der Waals surface area contributed by atoms with Crippen molar-refractivity contribution in [2.45, 2.75) is 19.5 Å². The number of halogens is 1. The van der Waals surface area contributed by atoms with Crippen LogP contribution in [-0.4, -0.2) is 27.9 Å². The number of anilines is 2. The molecule has 0 saturated carbocycles. The second kappa shape index (κ2) is 11.3. The number of rotatable bonds is 8. The van der Waals surface area contributed by atoms with Crippen molar-refractivity contribution in [3.05, 3.63) is 107 Å². The Labute approximate surface area is 208 Å². The molecule has 2 amide bonds. The number of carbonyl (C=O) groups excluding carboxylic acids is 2. The number of nitrogens with one attached hydrogen (secondary N) is 3. The van der Waals surface area contributed by atoms with E-state index in [0.717, 1.165) is 11.1 Å². The first-order valence-corrected chi connectivity index (χ1v) is 11.4. The second-order valence-corrected chi connectivity index (χ2v) is 8.26. The first kappa shape index (κ1) is 23.9. The summed E-state index contributed by atoms with van der Waals surface area (Å²) < 4.78 is 0. The Kier molecular flexibility index (Phi) is 7.70. The van der Waals surface area contributed by atoms with Gasteiger partial charge in [-0.3, -0.25) is 9.59 Å². The summed E-state index contributed by atoms with van der Waals surface area (Å²) in [5.74, 6) is 0.00658. The molecule has 0 bridgehead atoms. The minimum atomic E-state index is -0.514. The number of hydrogen-bond donors (Lipinski definition) is 3. The number of nitrogens with zero attached hydrogens (tertiary/aromatic N) is 2. The fourth-order valence-corrected chi connectivity index (χ4v) is 3.74. The van der Waals surface area contributed by atoms with Crippen LogP contribution in [0.4, 0.5) is 11.6 Å². The summed E-state index contributed by atoms with van der Waals surface area (Å²) in [7, 11) is 0. The highest BCUT2D eigenvalue weighted by atomic mass is 35.5. The SMILES string of the molecule is CC(=O)Nc1ccc(-c2ccnc(NC(Cc3ccccc3Cl)NC(=O)c3ccccc3)n2)cc1. The van der Waals surface area contributed by atoms with Crippen LogP contribution < -0.4 is 16.0 Å². The molecule has 0 aliphatic rings. The van der Waals surface area contributed by atoms with Gasteiger partial charge in [0.2, 0.25) is 11.9 Å². The smallest absolute Gasteiger partial charge is 0.252 e. The standard InChI is InChI=1S/C27H24ClN5O2/c1-18(34)30-22-13-11-19(12-14-22)24-15-16-29-27(31-24)33-25(17-21-9-5-6-10-23(21)28)32-26(35)20-7-3-2-4-8-20/h2-16,25H,17H2,1H3,(H,30,34)(H,32,35)(H,29,31,33). The highest BCUT2D eigenvalue weighted by Gasteiger charge is 2.17. The van der Waals surface area contributed by atoms with Crippen molar-refractivity contribution in [1.29, 1.82) is 0 Å². The Morgan fingerprint density at radius 1 is 0.914 bits per heavy atom. The lowest BCUT2D eigenvalue weighted by atomic mass is 10.1. The zero-order valence-corrected chi connectivity index (χ0v) is 19.8. The van der Waals surface area contributed by atoms with Gasteiger partial charge in [-0.2, -0.15) is 0 Å². The van der Waals surface area contributed by atoms with Crippen LogP contribution in [-0.2, 0) is 11.2 Å². The summed E-state index contributed by atoms with van der Waals surface area (Å²) in [5, 5.41) is 9.61. The third-order valence-electron chi connectivity index (χ3n) is 5.18. The van der Waals surface area contributed by atoms with Gasteiger partial charge in [0.05, 0.1) is 5.69 Å². The summed E-state index contributed by atoms with van der Waals surface area (Å²) in [6.45, 7) is 1.46. The van der Waals surface area contributed by atoms with Crippen LogP contribution in [0.3, 0.4) is 0 Å². The van der Waals surface area contributed by atoms with Gasteiger partial charge < -0.3 is 16.0 Å². The van der Waals surface area contributed by atoms with Crippen molar-refractivity contribution in [3.63, 3.8) is 0 Å². The molecule has 4 rings (SSSR count). The summed E-state index contributed by atoms with van der Waals surface area (Å²) in [6.07, 6.45) is 1.56. The fourth-order valence-electron chi connectivity index (χ4n) is 3.53. The maximum atomic E-state index is 12.9. The fraction of sp³-hybridized carbons (Fsp3) is 0.111. The first-order valence-electron chi connectivity index (χ1n) is 11.0. The number of benzene rings is 3. The number of aromatic nitrogens is 2. The van der Waals surface area contributed by atoms with E-state index in [1.807, 2.05) is 66.7 Å². The minimum absolute atomic E-state index is 0.131. The molecule has 0 aliphatic heterocycles. The van der Waals surface area contributed by atoms with E-state index in [-0.39, 0.29) is 11.8 Å². The molecular weight excluding hydrogens is 462 g/mol. The third kappa shape index (κ3) is 6.65. The van der Waals surface area contributed by atoms with E-state index in [4.69, 9.17) is 11.6 Å². The molecule has 0 radical (unpaired) electrons. The molecule has 0 fully saturated rings. The topological polar surface area (TPSA) is 96.0 Å². The Morgan fingerprint density at radius 2 is 1.63 bits per heavy atom. The van der Waals surface area contributed by atoms with Crippen LogP contribution in [0.25, 0.3) is 11.3 Å². The third-order valence-corrected chi connectivity index (χ3v) is 5.55. The lowest BCUT2D eigenvalue weighted by Gasteiger charge is -2.21. The van der Waals surface area contributed by atoms with Crippen LogP contribution in [0.5, 0.6) is 0 Å². The zero-order chi connectivity index (χ0) is 24.6. The quantitative estimate of drug-likeness (QED) is 0.299. The predicted octanol–water partition coefficient (Wildman–Crippen LogP) is 5.17. The zero-order valence-electron chi connectivity index (χ0n) is 19.0. The molecule has 1 atom stereocenters. The lowest BCUT2D eigenvalue weighted by Crippen LogP contribution is -2.42. The van der Waals surface area contributed by atoms with E-state index in [2.05, 4.69) is 25.9 Å². The van der Waals surface area contributed by atoms with Crippen molar-refractivity contribution in [1.82, 2.24) is 15.3 Å². The van der Waals surface area contributed by atoms with Crippen molar-refractivity contribution < 1.29 is 9.59 Å². The Hall–Kier alpha value is -4.23. The molecule has 1 aromatic heterocycles. The van der Waals surface area contributed by atoms with Gasteiger partial charge in [-0.05, 0) is 42.0 Å². The van der Waals surface area contributed by atoms with Gasteiger partial charge in [0.1, 0.15) is 6.17 Å².